The highest BCUT2D eigenvalue weighted by molar-refractivity contribution is 6.17. The zero-order valence-electron chi connectivity index (χ0n) is 10.6. The highest BCUT2D eigenvalue weighted by atomic mass is 35.5. The summed E-state index contributed by atoms with van der Waals surface area (Å²) >= 11 is 5.88. The summed E-state index contributed by atoms with van der Waals surface area (Å²) in [7, 11) is 0. The molecule has 0 amide bonds. The monoisotopic (exact) mass is 253 g/mol. The Balaban J connectivity index is 2.21. The number of rotatable bonds is 5. The lowest BCUT2D eigenvalue weighted by Crippen LogP contribution is -2.35. The van der Waals surface area contributed by atoms with Crippen LogP contribution in [0.1, 0.15) is 44.4 Å². The van der Waals surface area contributed by atoms with Crippen molar-refractivity contribution in [2.75, 3.05) is 11.2 Å². The summed E-state index contributed by atoms with van der Waals surface area (Å²) < 4.78 is 0. The van der Waals surface area contributed by atoms with Crippen molar-refractivity contribution in [3.8, 4) is 0 Å². The minimum Gasteiger partial charge on any atom is -0.365 e. The maximum Gasteiger partial charge on any atom is 0.133 e. The van der Waals surface area contributed by atoms with Crippen molar-refractivity contribution in [1.82, 2.24) is 9.97 Å². The third kappa shape index (κ3) is 2.71. The lowest BCUT2D eigenvalue weighted by atomic mass is 9.95. The van der Waals surface area contributed by atoms with Crippen LogP contribution in [-0.4, -0.2) is 21.4 Å². The zero-order valence-corrected chi connectivity index (χ0v) is 11.3. The summed E-state index contributed by atoms with van der Waals surface area (Å²) in [5.41, 5.74) is 2.56. The molecule has 1 heterocycles. The summed E-state index contributed by atoms with van der Waals surface area (Å²) in [6.45, 7) is 4.39. The number of halogens is 1. The molecule has 1 atom stereocenters. The predicted octanol–water partition coefficient (Wildman–Crippen LogP) is 3.17. The van der Waals surface area contributed by atoms with Gasteiger partial charge in [0.2, 0.25) is 0 Å². The van der Waals surface area contributed by atoms with E-state index >= 15 is 0 Å². The predicted molar refractivity (Wildman–Crippen MR) is 71.7 cm³/mol. The Morgan fingerprint density at radius 3 is 2.94 bits per heavy atom. The molecule has 1 unspecified atom stereocenters. The van der Waals surface area contributed by atoms with E-state index in [1.54, 1.807) is 6.33 Å². The summed E-state index contributed by atoms with van der Waals surface area (Å²) in [6.07, 6.45) is 7.04. The van der Waals surface area contributed by atoms with Crippen LogP contribution in [0.5, 0.6) is 0 Å². The third-order valence-corrected chi connectivity index (χ3v) is 3.91. The molecule has 4 heteroatoms. The fourth-order valence-electron chi connectivity index (χ4n) is 2.29. The van der Waals surface area contributed by atoms with Gasteiger partial charge in [-0.25, -0.2) is 9.97 Å². The Labute approximate surface area is 108 Å². The van der Waals surface area contributed by atoms with E-state index in [1.807, 2.05) is 0 Å². The molecule has 1 aromatic heterocycles. The van der Waals surface area contributed by atoms with Crippen molar-refractivity contribution in [2.45, 2.75) is 51.5 Å². The second-order valence-corrected chi connectivity index (χ2v) is 5.36. The van der Waals surface area contributed by atoms with E-state index in [0.717, 1.165) is 31.5 Å². The fraction of sp³-hybridized carbons (Fsp3) is 0.692. The molecule has 0 aromatic carbocycles. The minimum absolute atomic E-state index is 0.0342. The van der Waals surface area contributed by atoms with Crippen LogP contribution in [0.2, 0.25) is 0 Å². The Hall–Kier alpha value is -0.830. The number of nitrogens with zero attached hydrogens (tertiary/aromatic N) is 2. The highest BCUT2D eigenvalue weighted by Gasteiger charge is 2.25. The van der Waals surface area contributed by atoms with E-state index in [0.29, 0.717) is 5.88 Å². The molecule has 17 heavy (non-hydrogen) atoms. The average Bonchev–Trinajstić information content (AvgIpc) is 2.78. The Bertz CT molecular complexity index is 394. The van der Waals surface area contributed by atoms with Crippen LogP contribution in [0.25, 0.3) is 0 Å². The van der Waals surface area contributed by atoms with Crippen molar-refractivity contribution in [2.24, 2.45) is 0 Å². The van der Waals surface area contributed by atoms with Crippen LogP contribution in [0, 0.1) is 0 Å². The maximum atomic E-state index is 5.88. The van der Waals surface area contributed by atoms with Crippen LogP contribution in [0.15, 0.2) is 6.33 Å². The third-order valence-electron chi connectivity index (χ3n) is 3.72. The Morgan fingerprint density at radius 2 is 2.24 bits per heavy atom. The molecule has 1 aromatic rings. The van der Waals surface area contributed by atoms with E-state index in [1.165, 1.54) is 17.7 Å². The molecule has 94 valence electrons. The van der Waals surface area contributed by atoms with Gasteiger partial charge in [0.05, 0.1) is 0 Å². The molecule has 0 aliphatic heterocycles. The van der Waals surface area contributed by atoms with Gasteiger partial charge in [0, 0.05) is 22.7 Å². The summed E-state index contributed by atoms with van der Waals surface area (Å²) in [6, 6.07) is 0. The Morgan fingerprint density at radius 1 is 1.41 bits per heavy atom. The quantitative estimate of drug-likeness (QED) is 0.819. The lowest BCUT2D eigenvalue weighted by Gasteiger charge is -2.30. The molecular weight excluding hydrogens is 234 g/mol. The lowest BCUT2D eigenvalue weighted by molar-refractivity contribution is 0.478. The zero-order chi connectivity index (χ0) is 12.3. The first-order chi connectivity index (χ1) is 8.18. The highest BCUT2D eigenvalue weighted by Crippen LogP contribution is 2.29. The largest absolute Gasteiger partial charge is 0.365 e. The van der Waals surface area contributed by atoms with E-state index in [2.05, 4.69) is 29.1 Å². The van der Waals surface area contributed by atoms with E-state index in [4.69, 9.17) is 11.6 Å². The number of alkyl halides is 1. The first-order valence-corrected chi connectivity index (χ1v) is 6.89. The summed E-state index contributed by atoms with van der Waals surface area (Å²) in [5, 5.41) is 3.57. The first kappa shape index (κ1) is 12.6. The van der Waals surface area contributed by atoms with E-state index in [9.17, 15) is 0 Å². The molecule has 1 aliphatic carbocycles. The molecule has 0 spiro atoms. The van der Waals surface area contributed by atoms with Gasteiger partial charge in [0.15, 0.2) is 0 Å². The number of fused-ring (bicyclic) bond motifs is 1. The van der Waals surface area contributed by atoms with Gasteiger partial charge >= 0.3 is 0 Å². The molecule has 1 aliphatic rings. The van der Waals surface area contributed by atoms with Gasteiger partial charge in [-0.3, -0.25) is 0 Å². The molecular formula is C13H20ClN3. The van der Waals surface area contributed by atoms with Crippen LogP contribution >= 0.6 is 11.6 Å². The molecule has 2 rings (SSSR count). The standard InChI is InChI=1S/C13H20ClN3/c1-3-13(2,7-8-14)17-12-10-5-4-6-11(10)15-9-16-12/h9H,3-8H2,1-2H3,(H,15,16,17). The second kappa shape index (κ2) is 5.21. The molecule has 3 nitrogen and oxygen atoms in total. The van der Waals surface area contributed by atoms with Crippen LogP contribution in [0.3, 0.4) is 0 Å². The van der Waals surface area contributed by atoms with Gasteiger partial charge in [0.1, 0.15) is 12.1 Å². The maximum absolute atomic E-state index is 5.88. The molecule has 0 fully saturated rings. The molecule has 1 N–H and O–H groups in total. The Kier molecular flexibility index (Phi) is 3.87. The minimum atomic E-state index is 0.0342. The van der Waals surface area contributed by atoms with E-state index < -0.39 is 0 Å². The molecule has 0 radical (unpaired) electrons. The van der Waals surface area contributed by atoms with Crippen LogP contribution < -0.4 is 5.32 Å². The van der Waals surface area contributed by atoms with Gasteiger partial charge in [0.25, 0.3) is 0 Å². The fourth-order valence-corrected chi connectivity index (χ4v) is 2.71. The normalized spacial score (nSPS) is 17.6. The van der Waals surface area contributed by atoms with E-state index in [-0.39, 0.29) is 5.54 Å². The summed E-state index contributed by atoms with van der Waals surface area (Å²) in [5.74, 6) is 1.69. The summed E-state index contributed by atoms with van der Waals surface area (Å²) in [4.78, 5) is 8.74. The van der Waals surface area contributed by atoms with Gasteiger partial charge in [-0.15, -0.1) is 11.6 Å². The van der Waals surface area contributed by atoms with Crippen molar-refractivity contribution < 1.29 is 0 Å². The van der Waals surface area contributed by atoms with Crippen LogP contribution in [0.4, 0.5) is 5.82 Å². The van der Waals surface area contributed by atoms with Crippen molar-refractivity contribution in [3.63, 3.8) is 0 Å². The SMILES string of the molecule is CCC(C)(CCCl)Nc1ncnc2c1CCC2. The number of hydrogen-bond donors (Lipinski definition) is 1. The number of aryl methyl sites for hydroxylation is 1. The first-order valence-electron chi connectivity index (χ1n) is 6.35. The smallest absolute Gasteiger partial charge is 0.133 e. The van der Waals surface area contributed by atoms with Crippen molar-refractivity contribution in [1.29, 1.82) is 0 Å². The molecule has 0 saturated carbocycles. The van der Waals surface area contributed by atoms with Gasteiger partial charge in [-0.1, -0.05) is 6.92 Å². The van der Waals surface area contributed by atoms with Gasteiger partial charge < -0.3 is 5.32 Å². The number of anilines is 1. The van der Waals surface area contributed by atoms with Gasteiger partial charge in [-0.05, 0) is 39.0 Å². The van der Waals surface area contributed by atoms with Gasteiger partial charge in [-0.2, -0.15) is 0 Å². The van der Waals surface area contributed by atoms with Crippen molar-refractivity contribution >= 4 is 17.4 Å². The molecule has 0 saturated heterocycles. The number of nitrogens with one attached hydrogen (secondary N) is 1. The topological polar surface area (TPSA) is 37.8 Å². The van der Waals surface area contributed by atoms with Crippen molar-refractivity contribution in [3.05, 3.63) is 17.6 Å². The number of hydrogen-bond acceptors (Lipinski definition) is 3. The number of aromatic nitrogens is 2. The average molecular weight is 254 g/mol. The molecule has 0 bridgehead atoms. The van der Waals surface area contributed by atoms with Crippen LogP contribution in [-0.2, 0) is 12.8 Å². The second-order valence-electron chi connectivity index (χ2n) is 4.98.